The van der Waals surface area contributed by atoms with Crippen LogP contribution in [0.5, 0.6) is 0 Å². The second-order valence-electron chi connectivity index (χ2n) is 5.17. The number of sulfonamides is 1. The molecule has 0 aliphatic rings. The number of carbonyl (C=O) groups excluding carboxylic acids is 1. The summed E-state index contributed by atoms with van der Waals surface area (Å²) in [4.78, 5) is 11.7. The first-order valence-electron chi connectivity index (χ1n) is 7.48. The first-order chi connectivity index (χ1) is 12.3. The van der Waals surface area contributed by atoms with E-state index in [4.69, 9.17) is 5.26 Å². The number of rotatable bonds is 7. The molecule has 1 N–H and O–H groups in total. The van der Waals surface area contributed by atoms with E-state index in [1.165, 1.54) is 18.3 Å². The number of nitrogens with zero attached hydrogens (tertiary/aromatic N) is 2. The van der Waals surface area contributed by atoms with E-state index < -0.39 is 39.0 Å². The molecule has 0 unspecified atom stereocenters. The number of halogens is 2. The summed E-state index contributed by atoms with van der Waals surface area (Å²) >= 11 is 1.43. The smallest absolute Gasteiger partial charge is 0.249 e. The van der Waals surface area contributed by atoms with Gasteiger partial charge in [-0.1, -0.05) is 13.0 Å². The van der Waals surface area contributed by atoms with Crippen molar-refractivity contribution in [1.29, 1.82) is 5.26 Å². The van der Waals surface area contributed by atoms with Crippen LogP contribution in [0.1, 0.15) is 17.4 Å². The molecule has 26 heavy (non-hydrogen) atoms. The second kappa shape index (κ2) is 8.35. The molecule has 1 amide bonds. The van der Waals surface area contributed by atoms with Gasteiger partial charge in [0.1, 0.15) is 11.6 Å². The first-order valence-corrected chi connectivity index (χ1v) is 9.80. The van der Waals surface area contributed by atoms with Crippen LogP contribution in [0.15, 0.2) is 34.5 Å². The molecule has 1 aromatic carbocycles. The Kier molecular flexibility index (Phi) is 6.42. The summed E-state index contributed by atoms with van der Waals surface area (Å²) in [5.41, 5.74) is -0.337. The maximum Gasteiger partial charge on any atom is 0.249 e. The summed E-state index contributed by atoms with van der Waals surface area (Å²) < 4.78 is 53.9. The fourth-order valence-electron chi connectivity index (χ4n) is 2.18. The Labute approximate surface area is 153 Å². The van der Waals surface area contributed by atoms with Gasteiger partial charge in [0, 0.05) is 11.4 Å². The Morgan fingerprint density at radius 2 is 2.00 bits per heavy atom. The number of nitrogens with one attached hydrogen (secondary N) is 1. The monoisotopic (exact) mass is 399 g/mol. The van der Waals surface area contributed by atoms with Gasteiger partial charge >= 0.3 is 0 Å². The summed E-state index contributed by atoms with van der Waals surface area (Å²) in [7, 11) is -4.59. The minimum absolute atomic E-state index is 0.159. The fourth-order valence-corrected chi connectivity index (χ4v) is 4.32. The number of likely N-dealkylation sites (N-methyl/N-ethyl adjacent to an activating group) is 1. The molecule has 6 nitrogen and oxygen atoms in total. The van der Waals surface area contributed by atoms with Crippen molar-refractivity contribution in [1.82, 2.24) is 9.62 Å². The molecule has 2 rings (SSSR count). The zero-order chi connectivity index (χ0) is 19.3. The molecule has 1 aromatic heterocycles. The van der Waals surface area contributed by atoms with E-state index in [2.05, 4.69) is 5.32 Å². The van der Waals surface area contributed by atoms with Gasteiger partial charge < -0.3 is 5.32 Å². The Morgan fingerprint density at radius 1 is 1.35 bits per heavy atom. The summed E-state index contributed by atoms with van der Waals surface area (Å²) in [5, 5.41) is 13.1. The van der Waals surface area contributed by atoms with Crippen LogP contribution in [0, 0.1) is 23.0 Å². The number of thiophene rings is 1. The van der Waals surface area contributed by atoms with Gasteiger partial charge in [-0.15, -0.1) is 11.3 Å². The van der Waals surface area contributed by atoms with Crippen molar-refractivity contribution in [2.24, 2.45) is 0 Å². The molecular weight excluding hydrogens is 384 g/mol. The lowest BCUT2D eigenvalue weighted by atomic mass is 10.2. The average Bonchev–Trinajstić information content (AvgIpc) is 3.10. The van der Waals surface area contributed by atoms with Gasteiger partial charge in [-0.05, 0) is 23.6 Å². The van der Waals surface area contributed by atoms with E-state index >= 15 is 0 Å². The van der Waals surface area contributed by atoms with Crippen LogP contribution >= 0.6 is 11.3 Å². The Balaban J connectivity index is 2.20. The maximum atomic E-state index is 14.1. The average molecular weight is 399 g/mol. The summed E-state index contributed by atoms with van der Waals surface area (Å²) in [6.07, 6.45) is 0. The predicted octanol–water partition coefficient (Wildman–Crippen LogP) is 2.22. The van der Waals surface area contributed by atoms with Crippen molar-refractivity contribution < 1.29 is 22.0 Å². The lowest BCUT2D eigenvalue weighted by Crippen LogP contribution is -2.40. The minimum Gasteiger partial charge on any atom is -0.350 e. The number of benzene rings is 1. The van der Waals surface area contributed by atoms with E-state index in [0.717, 1.165) is 4.88 Å². The van der Waals surface area contributed by atoms with Crippen LogP contribution in [-0.2, 0) is 21.4 Å². The molecule has 0 spiro atoms. The number of hydrogen-bond donors (Lipinski definition) is 1. The minimum atomic E-state index is -4.59. The number of amides is 1. The number of nitriles is 1. The first kappa shape index (κ1) is 20.0. The lowest BCUT2D eigenvalue weighted by molar-refractivity contribution is -0.121. The molecule has 0 aliphatic heterocycles. The van der Waals surface area contributed by atoms with Gasteiger partial charge in [0.05, 0.1) is 24.7 Å². The molecule has 0 atom stereocenters. The molecule has 2 aromatic rings. The maximum absolute atomic E-state index is 14.1. The topological polar surface area (TPSA) is 90.3 Å². The summed E-state index contributed by atoms with van der Waals surface area (Å²) in [6, 6.07) is 6.44. The summed E-state index contributed by atoms with van der Waals surface area (Å²) in [5.74, 6) is -3.35. The Hall–Kier alpha value is -2.35. The highest BCUT2D eigenvalue weighted by molar-refractivity contribution is 7.89. The van der Waals surface area contributed by atoms with Crippen molar-refractivity contribution in [3.8, 4) is 6.07 Å². The zero-order valence-electron chi connectivity index (χ0n) is 13.7. The molecule has 1 heterocycles. The van der Waals surface area contributed by atoms with E-state index in [-0.39, 0.29) is 18.7 Å². The fraction of sp³-hybridized carbons (Fsp3) is 0.250. The van der Waals surface area contributed by atoms with Gasteiger partial charge in [0.2, 0.25) is 15.9 Å². The van der Waals surface area contributed by atoms with E-state index in [1.807, 2.05) is 11.4 Å². The van der Waals surface area contributed by atoms with Crippen molar-refractivity contribution in [3.05, 3.63) is 51.7 Å². The van der Waals surface area contributed by atoms with Crippen molar-refractivity contribution in [3.63, 3.8) is 0 Å². The number of carbonyl (C=O) groups is 1. The van der Waals surface area contributed by atoms with E-state index in [1.54, 1.807) is 12.1 Å². The molecule has 0 fully saturated rings. The number of hydrogen-bond acceptors (Lipinski definition) is 5. The molecule has 10 heteroatoms. The third-order valence-electron chi connectivity index (χ3n) is 3.44. The highest BCUT2D eigenvalue weighted by Gasteiger charge is 2.31. The van der Waals surface area contributed by atoms with E-state index in [0.29, 0.717) is 16.4 Å². The van der Waals surface area contributed by atoms with Crippen molar-refractivity contribution in [2.45, 2.75) is 18.4 Å². The van der Waals surface area contributed by atoms with Gasteiger partial charge in [0.15, 0.2) is 4.90 Å². The largest absolute Gasteiger partial charge is 0.350 e. The van der Waals surface area contributed by atoms with Gasteiger partial charge in [-0.25, -0.2) is 17.2 Å². The van der Waals surface area contributed by atoms with Gasteiger partial charge in [0.25, 0.3) is 0 Å². The second-order valence-corrected chi connectivity index (χ2v) is 8.08. The quantitative estimate of drug-likeness (QED) is 0.773. The lowest BCUT2D eigenvalue weighted by Gasteiger charge is -2.20. The SMILES string of the molecule is CCN(CC(=O)NCc1cccs1)S(=O)(=O)c1c(F)cc(C#N)cc1F. The van der Waals surface area contributed by atoms with Crippen LogP contribution in [0.3, 0.4) is 0 Å². The van der Waals surface area contributed by atoms with Crippen molar-refractivity contribution in [2.75, 3.05) is 13.1 Å². The van der Waals surface area contributed by atoms with Crippen LogP contribution < -0.4 is 5.32 Å². The van der Waals surface area contributed by atoms with E-state index in [9.17, 15) is 22.0 Å². The molecule has 138 valence electrons. The van der Waals surface area contributed by atoms with Crippen LogP contribution in [0.2, 0.25) is 0 Å². The Bertz CT molecular complexity index is 915. The van der Waals surface area contributed by atoms with Crippen LogP contribution in [0.4, 0.5) is 8.78 Å². The highest BCUT2D eigenvalue weighted by Crippen LogP contribution is 2.24. The molecule has 0 aliphatic carbocycles. The standard InChI is InChI=1S/C16H15F2N3O3S2/c1-2-21(10-15(22)20-9-12-4-3-5-25-12)26(23,24)16-13(17)6-11(8-19)7-14(16)18/h3-7H,2,9-10H2,1H3,(H,20,22). The Morgan fingerprint density at radius 3 is 2.50 bits per heavy atom. The molecule has 0 saturated carbocycles. The predicted molar refractivity (Wildman–Crippen MR) is 91.7 cm³/mol. The molecule has 0 bridgehead atoms. The summed E-state index contributed by atoms with van der Waals surface area (Å²) in [6.45, 7) is 0.938. The third kappa shape index (κ3) is 4.43. The molecule has 0 radical (unpaired) electrons. The van der Waals surface area contributed by atoms with Gasteiger partial charge in [-0.3, -0.25) is 4.79 Å². The molecule has 0 saturated heterocycles. The van der Waals surface area contributed by atoms with Crippen molar-refractivity contribution >= 4 is 27.3 Å². The highest BCUT2D eigenvalue weighted by atomic mass is 32.2. The van der Waals surface area contributed by atoms with Crippen LogP contribution in [0.25, 0.3) is 0 Å². The normalized spacial score (nSPS) is 11.3. The van der Waals surface area contributed by atoms with Crippen LogP contribution in [-0.4, -0.2) is 31.7 Å². The zero-order valence-corrected chi connectivity index (χ0v) is 15.3. The molecular formula is C16H15F2N3O3S2. The van der Waals surface area contributed by atoms with Gasteiger partial charge in [-0.2, -0.15) is 9.57 Å². The third-order valence-corrected chi connectivity index (χ3v) is 6.29.